The molecule has 1 aliphatic rings. The van der Waals surface area contributed by atoms with E-state index >= 15 is 0 Å². The predicted molar refractivity (Wildman–Crippen MR) is 92.6 cm³/mol. The van der Waals surface area contributed by atoms with Crippen molar-refractivity contribution in [3.05, 3.63) is 41.0 Å². The lowest BCUT2D eigenvalue weighted by atomic mass is 10.1. The van der Waals surface area contributed by atoms with Gasteiger partial charge in [0.05, 0.1) is 25.1 Å². The number of benzene rings is 1. The number of H-pyrrole nitrogens is 1. The van der Waals surface area contributed by atoms with E-state index in [-0.39, 0.29) is 0 Å². The predicted octanol–water partition coefficient (Wildman–Crippen LogP) is 2.54. The summed E-state index contributed by atoms with van der Waals surface area (Å²) in [5.74, 6) is 0. The van der Waals surface area contributed by atoms with E-state index < -0.39 is 0 Å². The Labute approximate surface area is 142 Å². The molecule has 2 aromatic rings. The van der Waals surface area contributed by atoms with Crippen LogP contribution in [0.1, 0.15) is 12.0 Å². The van der Waals surface area contributed by atoms with Crippen molar-refractivity contribution in [2.24, 2.45) is 0 Å². The second-order valence-electron chi connectivity index (χ2n) is 5.76. The van der Waals surface area contributed by atoms with E-state index in [1.54, 1.807) is 0 Å². The Kier molecular flexibility index (Phi) is 6.05. The number of aromatic amines is 1. The molecule has 1 fully saturated rings. The SMILES string of the molecule is Clc1ccc(-c2[nH]ncc2CNCCCN2CCOCC2)cc1. The van der Waals surface area contributed by atoms with E-state index in [4.69, 9.17) is 16.3 Å². The van der Waals surface area contributed by atoms with Gasteiger partial charge in [0.15, 0.2) is 0 Å². The Balaban J connectivity index is 1.44. The van der Waals surface area contributed by atoms with E-state index in [0.717, 1.165) is 68.6 Å². The first-order valence-corrected chi connectivity index (χ1v) is 8.50. The van der Waals surface area contributed by atoms with Crippen LogP contribution in [-0.4, -0.2) is 54.5 Å². The first-order valence-electron chi connectivity index (χ1n) is 8.12. The number of ether oxygens (including phenoxy) is 1. The van der Waals surface area contributed by atoms with Crippen molar-refractivity contribution >= 4 is 11.6 Å². The molecule has 2 heterocycles. The van der Waals surface area contributed by atoms with Crippen molar-refractivity contribution in [2.75, 3.05) is 39.4 Å². The highest BCUT2D eigenvalue weighted by atomic mass is 35.5. The highest BCUT2D eigenvalue weighted by Gasteiger charge is 2.10. The number of hydrogen-bond donors (Lipinski definition) is 2. The zero-order chi connectivity index (χ0) is 15.9. The average molecular weight is 335 g/mol. The summed E-state index contributed by atoms with van der Waals surface area (Å²) < 4.78 is 5.36. The maximum Gasteiger partial charge on any atom is 0.0695 e. The number of nitrogens with zero attached hydrogens (tertiary/aromatic N) is 2. The van der Waals surface area contributed by atoms with Crippen LogP contribution in [0.4, 0.5) is 0 Å². The van der Waals surface area contributed by atoms with Gasteiger partial charge in [-0.1, -0.05) is 23.7 Å². The number of nitrogens with one attached hydrogen (secondary N) is 2. The topological polar surface area (TPSA) is 53.2 Å². The second kappa shape index (κ2) is 8.45. The van der Waals surface area contributed by atoms with E-state index in [9.17, 15) is 0 Å². The van der Waals surface area contributed by atoms with E-state index in [1.807, 2.05) is 30.5 Å². The van der Waals surface area contributed by atoms with Crippen molar-refractivity contribution in [3.8, 4) is 11.3 Å². The monoisotopic (exact) mass is 334 g/mol. The molecule has 3 rings (SSSR count). The van der Waals surface area contributed by atoms with Crippen LogP contribution in [0.5, 0.6) is 0 Å². The van der Waals surface area contributed by atoms with Crippen molar-refractivity contribution in [2.45, 2.75) is 13.0 Å². The van der Waals surface area contributed by atoms with Gasteiger partial charge in [0.2, 0.25) is 0 Å². The quantitative estimate of drug-likeness (QED) is 0.764. The third-order valence-corrected chi connectivity index (χ3v) is 4.35. The summed E-state index contributed by atoms with van der Waals surface area (Å²) in [6, 6.07) is 7.82. The Hall–Kier alpha value is -1.40. The molecule has 0 unspecified atom stereocenters. The van der Waals surface area contributed by atoms with Crippen molar-refractivity contribution < 1.29 is 4.74 Å². The molecule has 0 saturated carbocycles. The second-order valence-corrected chi connectivity index (χ2v) is 6.20. The van der Waals surface area contributed by atoms with Gasteiger partial charge in [-0.3, -0.25) is 10.00 Å². The largest absolute Gasteiger partial charge is 0.379 e. The van der Waals surface area contributed by atoms with Crippen LogP contribution in [0.25, 0.3) is 11.3 Å². The minimum atomic E-state index is 0.746. The highest BCUT2D eigenvalue weighted by Crippen LogP contribution is 2.22. The van der Waals surface area contributed by atoms with Crippen LogP contribution < -0.4 is 5.32 Å². The van der Waals surface area contributed by atoms with E-state index in [1.165, 1.54) is 5.56 Å². The third-order valence-electron chi connectivity index (χ3n) is 4.10. The van der Waals surface area contributed by atoms with Crippen molar-refractivity contribution in [1.82, 2.24) is 20.4 Å². The lowest BCUT2D eigenvalue weighted by Gasteiger charge is -2.26. The molecule has 0 radical (unpaired) electrons. The van der Waals surface area contributed by atoms with Gasteiger partial charge >= 0.3 is 0 Å². The number of halogens is 1. The first-order chi connectivity index (χ1) is 11.3. The van der Waals surface area contributed by atoms with Crippen LogP contribution in [-0.2, 0) is 11.3 Å². The van der Waals surface area contributed by atoms with Gasteiger partial charge in [-0.2, -0.15) is 5.10 Å². The van der Waals surface area contributed by atoms with Gasteiger partial charge < -0.3 is 10.1 Å². The highest BCUT2D eigenvalue weighted by molar-refractivity contribution is 6.30. The maximum absolute atomic E-state index is 5.95. The molecular weight excluding hydrogens is 312 g/mol. The zero-order valence-corrected chi connectivity index (χ0v) is 14.0. The smallest absolute Gasteiger partial charge is 0.0695 e. The van der Waals surface area contributed by atoms with E-state index in [2.05, 4.69) is 20.4 Å². The van der Waals surface area contributed by atoms with Crippen LogP contribution in [0.15, 0.2) is 30.5 Å². The number of morpholine rings is 1. The number of hydrogen-bond acceptors (Lipinski definition) is 4. The molecule has 2 N–H and O–H groups in total. The van der Waals surface area contributed by atoms with Crippen molar-refractivity contribution in [3.63, 3.8) is 0 Å². The van der Waals surface area contributed by atoms with Crippen LogP contribution in [0.3, 0.4) is 0 Å². The van der Waals surface area contributed by atoms with Gasteiger partial charge in [0.1, 0.15) is 0 Å². The molecule has 0 spiro atoms. The van der Waals surface area contributed by atoms with E-state index in [0.29, 0.717) is 0 Å². The molecule has 1 saturated heterocycles. The van der Waals surface area contributed by atoms with Crippen LogP contribution in [0, 0.1) is 0 Å². The zero-order valence-electron chi connectivity index (χ0n) is 13.2. The molecule has 1 aliphatic heterocycles. The summed E-state index contributed by atoms with van der Waals surface area (Å²) in [4.78, 5) is 2.46. The summed E-state index contributed by atoms with van der Waals surface area (Å²) in [6.45, 7) is 6.80. The summed E-state index contributed by atoms with van der Waals surface area (Å²) in [5.41, 5.74) is 3.35. The summed E-state index contributed by atoms with van der Waals surface area (Å²) in [5, 5.41) is 11.5. The fourth-order valence-corrected chi connectivity index (χ4v) is 2.91. The lowest BCUT2D eigenvalue weighted by Crippen LogP contribution is -2.37. The molecule has 0 bridgehead atoms. The fraction of sp³-hybridized carbons (Fsp3) is 0.471. The Morgan fingerprint density at radius 1 is 1.22 bits per heavy atom. The molecule has 0 atom stereocenters. The summed E-state index contributed by atoms with van der Waals surface area (Å²) in [6.07, 6.45) is 3.03. The summed E-state index contributed by atoms with van der Waals surface area (Å²) >= 11 is 5.95. The normalized spacial score (nSPS) is 15.9. The van der Waals surface area contributed by atoms with Gasteiger partial charge in [0.25, 0.3) is 0 Å². The molecule has 23 heavy (non-hydrogen) atoms. The fourth-order valence-electron chi connectivity index (χ4n) is 2.79. The summed E-state index contributed by atoms with van der Waals surface area (Å²) in [7, 11) is 0. The number of aromatic nitrogens is 2. The van der Waals surface area contributed by atoms with Gasteiger partial charge in [-0.15, -0.1) is 0 Å². The average Bonchev–Trinajstić information content (AvgIpc) is 3.05. The van der Waals surface area contributed by atoms with Crippen LogP contribution >= 0.6 is 11.6 Å². The molecule has 5 nitrogen and oxygen atoms in total. The van der Waals surface area contributed by atoms with Crippen LogP contribution in [0.2, 0.25) is 5.02 Å². The molecular formula is C17H23ClN4O. The van der Waals surface area contributed by atoms with Gasteiger partial charge in [-0.25, -0.2) is 0 Å². The molecule has 0 aliphatic carbocycles. The standard InChI is InChI=1S/C17H23ClN4O/c18-16-4-2-14(3-5-16)17-15(13-20-21-17)12-19-6-1-7-22-8-10-23-11-9-22/h2-5,13,19H,1,6-12H2,(H,20,21). The molecule has 124 valence electrons. The minimum absolute atomic E-state index is 0.746. The molecule has 1 aromatic heterocycles. The van der Waals surface area contributed by atoms with Crippen molar-refractivity contribution in [1.29, 1.82) is 0 Å². The Morgan fingerprint density at radius 3 is 2.78 bits per heavy atom. The number of rotatable bonds is 7. The lowest BCUT2D eigenvalue weighted by molar-refractivity contribution is 0.0374. The Bertz CT molecular complexity index is 593. The Morgan fingerprint density at radius 2 is 2.00 bits per heavy atom. The molecule has 0 amide bonds. The first kappa shape index (κ1) is 16.5. The van der Waals surface area contributed by atoms with Gasteiger partial charge in [-0.05, 0) is 37.2 Å². The third kappa shape index (κ3) is 4.78. The molecule has 6 heteroatoms. The minimum Gasteiger partial charge on any atom is -0.379 e. The van der Waals surface area contributed by atoms with Gasteiger partial charge in [0, 0.05) is 30.2 Å². The maximum atomic E-state index is 5.95. The molecule has 1 aromatic carbocycles.